The Hall–Kier alpha value is -0.980. The van der Waals surface area contributed by atoms with Crippen LogP contribution in [-0.2, 0) is 10.0 Å². The average molecular weight is 286 g/mol. The lowest BCUT2D eigenvalue weighted by atomic mass is 10.2. The first-order valence-electron chi connectivity index (χ1n) is 5.57. The molecule has 0 fully saturated rings. The van der Waals surface area contributed by atoms with Crippen molar-refractivity contribution in [2.24, 2.45) is 11.7 Å². The maximum atomic E-state index is 12.2. The molecule has 1 atom stereocenters. The molecule has 0 bridgehead atoms. The summed E-state index contributed by atoms with van der Waals surface area (Å²) in [6, 6.07) is 6.76. The number of aryl methyl sites for hydroxylation is 1. The van der Waals surface area contributed by atoms with E-state index in [1.54, 1.807) is 24.3 Å². The molecule has 0 saturated carbocycles. The van der Waals surface area contributed by atoms with Crippen LogP contribution < -0.4 is 5.73 Å². The third-order valence-corrected chi connectivity index (χ3v) is 4.99. The van der Waals surface area contributed by atoms with E-state index in [4.69, 9.17) is 18.0 Å². The van der Waals surface area contributed by atoms with Gasteiger partial charge in [-0.1, -0.05) is 36.8 Å². The van der Waals surface area contributed by atoms with Crippen LogP contribution in [-0.4, -0.2) is 31.3 Å². The number of hydrogen-bond donors (Lipinski definition) is 1. The molecule has 4 nitrogen and oxygen atoms in total. The van der Waals surface area contributed by atoms with E-state index in [-0.39, 0.29) is 17.4 Å². The predicted octanol–water partition coefficient (Wildman–Crippen LogP) is 1.54. The van der Waals surface area contributed by atoms with Gasteiger partial charge in [-0.25, -0.2) is 12.7 Å². The van der Waals surface area contributed by atoms with E-state index in [1.807, 2.05) is 13.8 Å². The first kappa shape index (κ1) is 15.1. The molecule has 0 aromatic heterocycles. The van der Waals surface area contributed by atoms with Crippen LogP contribution in [0.15, 0.2) is 29.2 Å². The Morgan fingerprint density at radius 2 is 1.89 bits per heavy atom. The molecule has 0 spiro atoms. The Morgan fingerprint density at radius 1 is 1.39 bits per heavy atom. The van der Waals surface area contributed by atoms with Gasteiger partial charge in [-0.3, -0.25) is 0 Å². The highest BCUT2D eigenvalue weighted by molar-refractivity contribution is 7.89. The summed E-state index contributed by atoms with van der Waals surface area (Å²) in [5.74, 6) is -0.148. The third-order valence-electron chi connectivity index (χ3n) is 2.75. The van der Waals surface area contributed by atoms with Crippen molar-refractivity contribution < 1.29 is 8.42 Å². The molecule has 0 radical (unpaired) electrons. The topological polar surface area (TPSA) is 63.4 Å². The van der Waals surface area contributed by atoms with Gasteiger partial charge >= 0.3 is 0 Å². The molecule has 0 amide bonds. The number of nitrogens with zero attached hydrogens (tertiary/aromatic N) is 1. The Balaban J connectivity index is 2.93. The SMILES string of the molecule is Cc1ccc(S(=O)(=O)N(C)CC(C)C(N)=S)cc1. The standard InChI is InChI=1S/C12H18N2O2S2/c1-9-4-6-11(7-5-9)18(15,16)14(3)8-10(2)12(13)17/h4-7,10H,8H2,1-3H3,(H2,13,17). The minimum atomic E-state index is -3.47. The molecule has 1 aromatic rings. The summed E-state index contributed by atoms with van der Waals surface area (Å²) in [7, 11) is -1.93. The van der Waals surface area contributed by atoms with Gasteiger partial charge in [0.2, 0.25) is 10.0 Å². The molecule has 1 unspecified atom stereocenters. The summed E-state index contributed by atoms with van der Waals surface area (Å²) in [5.41, 5.74) is 6.52. The van der Waals surface area contributed by atoms with Crippen molar-refractivity contribution in [3.63, 3.8) is 0 Å². The molecule has 18 heavy (non-hydrogen) atoms. The zero-order valence-corrected chi connectivity index (χ0v) is 12.4. The molecule has 2 N–H and O–H groups in total. The second-order valence-corrected chi connectivity index (χ2v) is 6.92. The molecule has 6 heteroatoms. The van der Waals surface area contributed by atoms with Crippen LogP contribution in [0.3, 0.4) is 0 Å². The van der Waals surface area contributed by atoms with Crippen molar-refractivity contribution in [3.8, 4) is 0 Å². The molecule has 100 valence electrons. The molecule has 0 aliphatic heterocycles. The molecule has 1 aromatic carbocycles. The van der Waals surface area contributed by atoms with Crippen molar-refractivity contribution in [2.45, 2.75) is 18.7 Å². The highest BCUT2D eigenvalue weighted by atomic mass is 32.2. The maximum Gasteiger partial charge on any atom is 0.242 e. The molecular formula is C12H18N2O2S2. The van der Waals surface area contributed by atoms with Gasteiger partial charge in [-0.15, -0.1) is 0 Å². The van der Waals surface area contributed by atoms with E-state index >= 15 is 0 Å². The lowest BCUT2D eigenvalue weighted by Crippen LogP contribution is -2.35. The fraction of sp³-hybridized carbons (Fsp3) is 0.417. The van der Waals surface area contributed by atoms with Crippen LogP contribution in [0.25, 0.3) is 0 Å². The lowest BCUT2D eigenvalue weighted by Gasteiger charge is -2.20. The molecule has 0 saturated heterocycles. The first-order chi connectivity index (χ1) is 8.25. The number of rotatable bonds is 5. The average Bonchev–Trinajstić information content (AvgIpc) is 2.29. The van der Waals surface area contributed by atoms with Crippen LogP contribution >= 0.6 is 12.2 Å². The largest absolute Gasteiger partial charge is 0.393 e. The van der Waals surface area contributed by atoms with E-state index in [2.05, 4.69) is 0 Å². The van der Waals surface area contributed by atoms with Crippen molar-refractivity contribution in [1.82, 2.24) is 4.31 Å². The van der Waals surface area contributed by atoms with Gasteiger partial charge in [0.25, 0.3) is 0 Å². The van der Waals surface area contributed by atoms with Crippen LogP contribution in [0.5, 0.6) is 0 Å². The number of hydrogen-bond acceptors (Lipinski definition) is 3. The summed E-state index contributed by atoms with van der Waals surface area (Å²) in [4.78, 5) is 0.603. The van der Waals surface area contributed by atoms with Crippen LogP contribution in [0.2, 0.25) is 0 Å². The Bertz CT molecular complexity index is 524. The lowest BCUT2D eigenvalue weighted by molar-refractivity contribution is 0.445. The normalized spacial score (nSPS) is 13.6. The van der Waals surface area contributed by atoms with Gasteiger partial charge in [0, 0.05) is 19.5 Å². The highest BCUT2D eigenvalue weighted by Gasteiger charge is 2.22. The number of sulfonamides is 1. The molecule has 0 aliphatic carbocycles. The predicted molar refractivity (Wildman–Crippen MR) is 76.9 cm³/mol. The minimum Gasteiger partial charge on any atom is -0.393 e. The Kier molecular flexibility index (Phi) is 4.84. The minimum absolute atomic E-state index is 0.148. The van der Waals surface area contributed by atoms with Gasteiger partial charge in [-0.2, -0.15) is 0 Å². The zero-order chi connectivity index (χ0) is 13.9. The second kappa shape index (κ2) is 5.77. The monoisotopic (exact) mass is 286 g/mol. The van der Waals surface area contributed by atoms with Gasteiger partial charge in [0.15, 0.2) is 0 Å². The van der Waals surface area contributed by atoms with Crippen molar-refractivity contribution in [3.05, 3.63) is 29.8 Å². The maximum absolute atomic E-state index is 12.2. The highest BCUT2D eigenvalue weighted by Crippen LogP contribution is 2.16. The summed E-state index contributed by atoms with van der Waals surface area (Å²) < 4.78 is 25.8. The summed E-state index contributed by atoms with van der Waals surface area (Å²) >= 11 is 4.85. The molecular weight excluding hydrogens is 268 g/mol. The van der Waals surface area contributed by atoms with E-state index < -0.39 is 10.0 Å². The molecule has 0 heterocycles. The van der Waals surface area contributed by atoms with Crippen LogP contribution in [0, 0.1) is 12.8 Å². The Morgan fingerprint density at radius 3 is 2.33 bits per heavy atom. The van der Waals surface area contributed by atoms with E-state index in [0.29, 0.717) is 4.99 Å². The van der Waals surface area contributed by atoms with Crippen LogP contribution in [0.1, 0.15) is 12.5 Å². The van der Waals surface area contributed by atoms with Crippen molar-refractivity contribution in [2.75, 3.05) is 13.6 Å². The number of benzene rings is 1. The van der Waals surface area contributed by atoms with Crippen molar-refractivity contribution in [1.29, 1.82) is 0 Å². The van der Waals surface area contributed by atoms with Crippen molar-refractivity contribution >= 4 is 27.2 Å². The van der Waals surface area contributed by atoms with E-state index in [9.17, 15) is 8.42 Å². The second-order valence-electron chi connectivity index (χ2n) is 4.40. The summed E-state index contributed by atoms with van der Waals surface area (Å²) in [6.07, 6.45) is 0. The molecule has 0 aliphatic rings. The van der Waals surface area contributed by atoms with Gasteiger partial charge in [0.05, 0.1) is 9.88 Å². The summed E-state index contributed by atoms with van der Waals surface area (Å²) in [6.45, 7) is 4.00. The smallest absolute Gasteiger partial charge is 0.242 e. The van der Waals surface area contributed by atoms with Gasteiger partial charge in [-0.05, 0) is 19.1 Å². The Labute approximate surface area is 114 Å². The zero-order valence-electron chi connectivity index (χ0n) is 10.8. The quantitative estimate of drug-likeness (QED) is 0.834. The first-order valence-corrected chi connectivity index (χ1v) is 7.42. The van der Waals surface area contributed by atoms with E-state index in [0.717, 1.165) is 5.56 Å². The number of thiocarbonyl (C=S) groups is 1. The number of nitrogens with two attached hydrogens (primary N) is 1. The van der Waals surface area contributed by atoms with Gasteiger partial charge < -0.3 is 5.73 Å². The summed E-state index contributed by atoms with van der Waals surface area (Å²) in [5, 5.41) is 0. The van der Waals surface area contributed by atoms with E-state index in [1.165, 1.54) is 11.4 Å². The fourth-order valence-electron chi connectivity index (χ4n) is 1.46. The van der Waals surface area contributed by atoms with Crippen LogP contribution in [0.4, 0.5) is 0 Å². The third kappa shape index (κ3) is 3.51. The fourth-order valence-corrected chi connectivity index (χ4v) is 2.80. The van der Waals surface area contributed by atoms with Gasteiger partial charge in [0.1, 0.15) is 0 Å². The molecule has 1 rings (SSSR count).